The number of nitrogens with one attached hydrogen (secondary N) is 3. The number of hydrogen-bond acceptors (Lipinski definition) is 28. The molecule has 0 spiro atoms. The molecule has 3 amide bonds. The summed E-state index contributed by atoms with van der Waals surface area (Å²) >= 11 is 1.90. The van der Waals surface area contributed by atoms with Crippen molar-refractivity contribution in [2.24, 2.45) is 0 Å². The lowest BCUT2D eigenvalue weighted by Gasteiger charge is -2.16. The molecular formula is C61H117N3O28S. The molecule has 2 aliphatic heterocycles. The molecule has 0 aromatic rings. The van der Waals surface area contributed by atoms with Crippen LogP contribution in [0.15, 0.2) is 0 Å². The summed E-state index contributed by atoms with van der Waals surface area (Å²) in [6.45, 7) is 22.6. The highest BCUT2D eigenvalue weighted by atomic mass is 32.2. The average molecular weight is 1370 g/mol. The summed E-state index contributed by atoms with van der Waals surface area (Å²) in [6, 6.07) is 0.383. The smallest absolute Gasteiger partial charge is 0.315 e. The standard InChI is InChI=1S/C61H117N3O28S/c65-58(4-2-1-3-57-60-56(55-93-57)63-61(68)64-60)62-6-8-70-10-12-72-14-16-74-18-20-76-22-24-78-26-28-80-30-32-82-34-36-84-38-40-86-42-44-88-46-48-90-50-52-92-54-53-91-51-49-89-47-45-87-43-41-85-39-37-83-35-33-81-31-29-79-27-25-77-23-21-75-19-17-73-15-13-71-11-9-69-7-5-59(66)67/h56-57,60H,1-55H2,(H,62,65)(H,66,67)(H2,63,64,68). The maximum atomic E-state index is 12.1. The predicted molar refractivity (Wildman–Crippen MR) is 339 cm³/mol. The number of ether oxygens (including phenoxy) is 24. The van der Waals surface area contributed by atoms with Gasteiger partial charge in [-0.15, -0.1) is 0 Å². The molecule has 0 saturated carbocycles. The Hall–Kier alpha value is -2.40. The highest BCUT2D eigenvalue weighted by Gasteiger charge is 2.42. The zero-order chi connectivity index (χ0) is 66.2. The van der Waals surface area contributed by atoms with Crippen LogP contribution in [-0.2, 0) is 123 Å². The molecule has 93 heavy (non-hydrogen) atoms. The predicted octanol–water partition coefficient (Wildman–Crippen LogP) is 0.701. The van der Waals surface area contributed by atoms with E-state index in [9.17, 15) is 14.4 Å². The SMILES string of the molecule is O=C(O)CCOCCOCCOCCOCCOCCOCCOCCOCCOCCOCCOCCOCCOCCOCCOCCOCCOCCOCCOCCOCCOCCOCCOCCOCCNC(=O)CCCCC1SCC2NC(=O)NC21. The molecule has 550 valence electrons. The molecule has 2 fully saturated rings. The number of rotatable bonds is 80. The molecule has 0 bridgehead atoms. The number of thioether (sulfide) groups is 1. The summed E-state index contributed by atoms with van der Waals surface area (Å²) in [6.07, 6.45) is 3.29. The van der Waals surface area contributed by atoms with Gasteiger partial charge in [-0.2, -0.15) is 11.8 Å². The van der Waals surface area contributed by atoms with E-state index >= 15 is 0 Å². The molecular weight excluding hydrogens is 1250 g/mol. The van der Waals surface area contributed by atoms with Gasteiger partial charge in [0, 0.05) is 24.0 Å². The largest absolute Gasteiger partial charge is 0.481 e. The topological polar surface area (TPSA) is 329 Å². The van der Waals surface area contributed by atoms with Gasteiger partial charge >= 0.3 is 12.0 Å². The Morgan fingerprint density at radius 2 is 0.548 bits per heavy atom. The fraction of sp³-hybridized carbons (Fsp3) is 0.951. The second kappa shape index (κ2) is 72.3. The third kappa shape index (κ3) is 64.1. The number of unbranched alkanes of at least 4 members (excludes halogenated alkanes) is 1. The van der Waals surface area contributed by atoms with Gasteiger partial charge in [0.05, 0.1) is 336 Å². The van der Waals surface area contributed by atoms with Crippen molar-refractivity contribution in [2.75, 3.05) is 329 Å². The van der Waals surface area contributed by atoms with Gasteiger partial charge in [0.15, 0.2) is 0 Å². The number of amides is 3. The first-order chi connectivity index (χ1) is 46.1. The molecule has 2 heterocycles. The minimum absolute atomic E-state index is 0.0114. The third-order valence-corrected chi connectivity index (χ3v) is 14.2. The summed E-state index contributed by atoms with van der Waals surface area (Å²) < 4.78 is 132. The molecule has 3 atom stereocenters. The number of carboxylic acid groups (broad SMARTS) is 1. The normalized spacial score (nSPS) is 15.4. The van der Waals surface area contributed by atoms with Gasteiger partial charge in [-0.3, -0.25) is 9.59 Å². The number of urea groups is 1. The van der Waals surface area contributed by atoms with Gasteiger partial charge in [-0.05, 0) is 12.8 Å². The molecule has 2 rings (SSSR count). The van der Waals surface area contributed by atoms with Gasteiger partial charge in [-0.1, -0.05) is 6.42 Å². The number of carboxylic acids is 1. The van der Waals surface area contributed by atoms with E-state index in [2.05, 4.69) is 16.0 Å². The van der Waals surface area contributed by atoms with E-state index in [0.29, 0.717) is 329 Å². The highest BCUT2D eigenvalue weighted by Crippen LogP contribution is 2.33. The number of carbonyl (C=O) groups is 3. The first-order valence-electron chi connectivity index (χ1n) is 33.1. The van der Waals surface area contributed by atoms with Crippen molar-refractivity contribution in [1.29, 1.82) is 0 Å². The quantitative estimate of drug-likeness (QED) is 0.0481. The fourth-order valence-electron chi connectivity index (χ4n) is 7.94. The maximum absolute atomic E-state index is 12.1. The van der Waals surface area contributed by atoms with Crippen LogP contribution in [0.25, 0.3) is 0 Å². The van der Waals surface area contributed by atoms with Crippen LogP contribution < -0.4 is 16.0 Å². The monoisotopic (exact) mass is 1370 g/mol. The summed E-state index contributed by atoms with van der Waals surface area (Å²) in [5.74, 6) is 0.107. The Balaban J connectivity index is 1.09. The van der Waals surface area contributed by atoms with E-state index in [-0.39, 0.29) is 37.0 Å². The van der Waals surface area contributed by atoms with Crippen molar-refractivity contribution in [2.45, 2.75) is 49.4 Å². The third-order valence-electron chi connectivity index (χ3n) is 12.7. The van der Waals surface area contributed by atoms with Gasteiger partial charge in [-0.25, -0.2) is 4.79 Å². The van der Waals surface area contributed by atoms with Crippen LogP contribution in [-0.4, -0.2) is 370 Å². The van der Waals surface area contributed by atoms with Gasteiger partial charge in [0.25, 0.3) is 0 Å². The minimum Gasteiger partial charge on any atom is -0.481 e. The molecule has 4 N–H and O–H groups in total. The lowest BCUT2D eigenvalue weighted by atomic mass is 10.0. The molecule has 0 aliphatic carbocycles. The second-order valence-electron chi connectivity index (χ2n) is 20.1. The molecule has 0 aromatic carbocycles. The van der Waals surface area contributed by atoms with Crippen LogP contribution >= 0.6 is 11.8 Å². The van der Waals surface area contributed by atoms with Crippen LogP contribution in [0.2, 0.25) is 0 Å². The van der Waals surface area contributed by atoms with Crippen LogP contribution in [0.4, 0.5) is 4.79 Å². The Bertz CT molecular complexity index is 1590. The van der Waals surface area contributed by atoms with Crippen molar-refractivity contribution < 1.29 is 133 Å². The lowest BCUT2D eigenvalue weighted by molar-refractivity contribution is -0.138. The molecule has 32 heteroatoms. The Morgan fingerprint density at radius 3 is 0.785 bits per heavy atom. The number of fused-ring (bicyclic) bond motifs is 1. The van der Waals surface area contributed by atoms with Gasteiger partial charge < -0.3 is 135 Å². The average Bonchev–Trinajstić information content (AvgIpc) is 1.68. The first kappa shape index (κ1) is 86.7. The van der Waals surface area contributed by atoms with Crippen LogP contribution in [0.1, 0.15) is 32.1 Å². The second-order valence-corrected chi connectivity index (χ2v) is 21.3. The van der Waals surface area contributed by atoms with Crippen molar-refractivity contribution >= 4 is 29.7 Å². The zero-order valence-corrected chi connectivity index (χ0v) is 56.3. The zero-order valence-electron chi connectivity index (χ0n) is 55.5. The van der Waals surface area contributed by atoms with E-state index in [1.165, 1.54) is 0 Å². The van der Waals surface area contributed by atoms with E-state index in [4.69, 9.17) is 119 Å². The van der Waals surface area contributed by atoms with Gasteiger partial charge in [0.1, 0.15) is 0 Å². The summed E-state index contributed by atoms with van der Waals surface area (Å²) in [4.78, 5) is 34.0. The Labute approximate surface area is 555 Å². The Kier molecular flexibility index (Phi) is 67.4. The van der Waals surface area contributed by atoms with Gasteiger partial charge in [0.2, 0.25) is 5.91 Å². The van der Waals surface area contributed by atoms with E-state index in [0.717, 1.165) is 25.0 Å². The first-order valence-corrected chi connectivity index (χ1v) is 34.1. The summed E-state index contributed by atoms with van der Waals surface area (Å²) in [7, 11) is 0. The lowest BCUT2D eigenvalue weighted by Crippen LogP contribution is -2.36. The maximum Gasteiger partial charge on any atom is 0.315 e. The number of carbonyl (C=O) groups excluding carboxylic acids is 2. The minimum atomic E-state index is -0.881. The van der Waals surface area contributed by atoms with Crippen molar-refractivity contribution in [3.8, 4) is 0 Å². The fourth-order valence-corrected chi connectivity index (χ4v) is 9.49. The summed E-state index contributed by atoms with van der Waals surface area (Å²) in [5.41, 5.74) is 0. The Morgan fingerprint density at radius 1 is 0.323 bits per heavy atom. The molecule has 0 aromatic heterocycles. The summed E-state index contributed by atoms with van der Waals surface area (Å²) in [5, 5.41) is 17.8. The number of hydrogen-bond donors (Lipinski definition) is 4. The molecule has 31 nitrogen and oxygen atoms in total. The van der Waals surface area contributed by atoms with E-state index < -0.39 is 5.97 Å². The van der Waals surface area contributed by atoms with Crippen molar-refractivity contribution in [3.63, 3.8) is 0 Å². The van der Waals surface area contributed by atoms with Crippen molar-refractivity contribution in [1.82, 2.24) is 16.0 Å². The number of aliphatic carboxylic acids is 1. The van der Waals surface area contributed by atoms with Crippen LogP contribution in [0.3, 0.4) is 0 Å². The van der Waals surface area contributed by atoms with Crippen molar-refractivity contribution in [3.05, 3.63) is 0 Å². The molecule has 2 aliphatic rings. The molecule has 2 saturated heterocycles. The van der Waals surface area contributed by atoms with Crippen LogP contribution in [0, 0.1) is 0 Å². The molecule has 3 unspecified atom stereocenters. The molecule has 0 radical (unpaired) electrons. The highest BCUT2D eigenvalue weighted by molar-refractivity contribution is 8.00. The van der Waals surface area contributed by atoms with E-state index in [1.807, 2.05) is 11.8 Å². The van der Waals surface area contributed by atoms with Crippen LogP contribution in [0.5, 0.6) is 0 Å². The van der Waals surface area contributed by atoms with E-state index in [1.54, 1.807) is 0 Å².